The molecule has 1 fully saturated rings. The van der Waals surface area contributed by atoms with Crippen molar-refractivity contribution in [3.05, 3.63) is 42.0 Å². The van der Waals surface area contributed by atoms with Crippen molar-refractivity contribution in [2.45, 2.75) is 77.5 Å². The number of hydrogen-bond donors (Lipinski definition) is 1. The van der Waals surface area contributed by atoms with Crippen molar-refractivity contribution in [2.75, 3.05) is 0 Å². The molecule has 1 aliphatic carbocycles. The monoisotopic (exact) mass is 416 g/mol. The van der Waals surface area contributed by atoms with Crippen molar-refractivity contribution in [3.63, 3.8) is 0 Å². The van der Waals surface area contributed by atoms with Crippen LogP contribution in [0.1, 0.15) is 66.4 Å². The quantitative estimate of drug-likeness (QED) is 0.711. The topological polar surface area (TPSA) is 84.9 Å². The van der Waals surface area contributed by atoms with Crippen molar-refractivity contribution >= 4 is 24.0 Å². The molecule has 0 heterocycles. The van der Waals surface area contributed by atoms with E-state index in [4.69, 9.17) is 9.47 Å². The molecule has 0 radical (unpaired) electrons. The molecule has 1 saturated carbocycles. The van der Waals surface area contributed by atoms with Gasteiger partial charge in [-0.15, -0.1) is 0 Å². The maximum Gasteiger partial charge on any atom is 0.430 e. The summed E-state index contributed by atoms with van der Waals surface area (Å²) in [6.45, 7) is 10.3. The second-order valence-corrected chi connectivity index (χ2v) is 9.37. The van der Waals surface area contributed by atoms with Gasteiger partial charge in [-0.25, -0.2) is 15.0 Å². The molecule has 30 heavy (non-hydrogen) atoms. The van der Waals surface area contributed by atoms with Crippen LogP contribution in [0.3, 0.4) is 0 Å². The molecule has 1 atom stereocenters. The Bertz CT molecular complexity index is 805. The Balaban J connectivity index is 2.44. The Morgan fingerprint density at radius 3 is 2.13 bits per heavy atom. The van der Waals surface area contributed by atoms with Gasteiger partial charge in [0.2, 0.25) is 0 Å². The minimum absolute atomic E-state index is 0.170. The molecular weight excluding hydrogens is 384 g/mol. The number of nitrogens with one attached hydrogen (secondary N) is 1. The van der Waals surface area contributed by atoms with Gasteiger partial charge in [-0.1, -0.05) is 36.4 Å². The second kappa shape index (κ2) is 8.90. The molecule has 1 aromatic carbocycles. The summed E-state index contributed by atoms with van der Waals surface area (Å²) in [6.07, 6.45) is 3.05. The average molecular weight is 417 g/mol. The lowest BCUT2D eigenvalue weighted by molar-refractivity contribution is -0.127. The molecule has 1 N–H and O–H groups in total. The van der Waals surface area contributed by atoms with E-state index in [-0.39, 0.29) is 5.78 Å². The molecule has 0 aromatic heterocycles. The van der Waals surface area contributed by atoms with E-state index >= 15 is 0 Å². The van der Waals surface area contributed by atoms with Gasteiger partial charge in [-0.2, -0.15) is 5.01 Å². The minimum Gasteiger partial charge on any atom is -0.443 e. The highest BCUT2D eigenvalue weighted by molar-refractivity contribution is 5.96. The molecule has 1 aromatic rings. The third-order valence-electron chi connectivity index (χ3n) is 4.37. The highest BCUT2D eigenvalue weighted by Gasteiger charge is 2.50. The van der Waals surface area contributed by atoms with E-state index in [1.54, 1.807) is 53.7 Å². The number of ether oxygens (including phenoxy) is 2. The van der Waals surface area contributed by atoms with Crippen molar-refractivity contribution in [3.8, 4) is 0 Å². The molecular formula is C23H32N2O5. The van der Waals surface area contributed by atoms with Crippen LogP contribution in [-0.2, 0) is 14.3 Å². The van der Waals surface area contributed by atoms with Crippen LogP contribution in [0.5, 0.6) is 0 Å². The fourth-order valence-corrected chi connectivity index (χ4v) is 3.17. The number of carbonyl (C=O) groups excluding carboxylic acids is 3. The Morgan fingerprint density at radius 1 is 1.03 bits per heavy atom. The number of hydrazine groups is 1. The van der Waals surface area contributed by atoms with Gasteiger partial charge < -0.3 is 9.47 Å². The van der Waals surface area contributed by atoms with E-state index in [0.717, 1.165) is 10.6 Å². The van der Waals surface area contributed by atoms with Crippen molar-refractivity contribution < 1.29 is 23.9 Å². The summed E-state index contributed by atoms with van der Waals surface area (Å²) < 4.78 is 10.8. The molecule has 0 spiro atoms. The fourth-order valence-electron chi connectivity index (χ4n) is 3.17. The number of hydrogen-bond acceptors (Lipinski definition) is 5. The molecule has 1 aliphatic rings. The molecule has 0 unspecified atom stereocenters. The lowest BCUT2D eigenvalue weighted by Crippen LogP contribution is -2.62. The molecule has 0 bridgehead atoms. The number of amides is 2. The molecule has 2 amide bonds. The Kier molecular flexibility index (Phi) is 6.95. The van der Waals surface area contributed by atoms with Gasteiger partial charge in [-0.05, 0) is 66.0 Å². The first-order valence-electron chi connectivity index (χ1n) is 10.1. The van der Waals surface area contributed by atoms with E-state index in [9.17, 15) is 14.4 Å². The largest absolute Gasteiger partial charge is 0.443 e. The summed E-state index contributed by atoms with van der Waals surface area (Å²) in [5.74, 6) is -0.170. The maximum atomic E-state index is 13.1. The van der Waals surface area contributed by atoms with Crippen LogP contribution < -0.4 is 5.43 Å². The van der Waals surface area contributed by atoms with Crippen LogP contribution in [0.2, 0.25) is 0 Å². The lowest BCUT2D eigenvalue weighted by atomic mass is 9.94. The first-order chi connectivity index (χ1) is 13.8. The predicted molar refractivity (Wildman–Crippen MR) is 115 cm³/mol. The van der Waals surface area contributed by atoms with Crippen molar-refractivity contribution in [1.29, 1.82) is 0 Å². The van der Waals surface area contributed by atoms with E-state index in [0.29, 0.717) is 19.3 Å². The standard InChI is InChI=1S/C23H32N2O5/c1-21(2,3)29-19(27)24-25(20(28)30-22(4,5)6)23(15-10-13-18(23)26)16-14-17-11-8-7-9-12-17/h7-9,11-12,14,16H,10,13,15H2,1-6H3,(H,24,27)/b16-14+/t23-/m0/s1. The van der Waals surface area contributed by atoms with E-state index in [1.165, 1.54) is 0 Å². The Labute approximate surface area is 178 Å². The highest BCUT2D eigenvalue weighted by Crippen LogP contribution is 2.34. The van der Waals surface area contributed by atoms with E-state index in [2.05, 4.69) is 5.43 Å². The van der Waals surface area contributed by atoms with Crippen LogP contribution >= 0.6 is 0 Å². The molecule has 0 saturated heterocycles. The smallest absolute Gasteiger partial charge is 0.430 e. The SMILES string of the molecule is CC(C)(C)OC(=O)NN(C(=O)OC(C)(C)C)[C@]1(/C=C/c2ccccc2)CCCC1=O. The van der Waals surface area contributed by atoms with Crippen LogP contribution in [-0.4, -0.2) is 39.7 Å². The van der Waals surface area contributed by atoms with E-state index in [1.807, 2.05) is 30.3 Å². The number of nitrogens with zero attached hydrogens (tertiary/aromatic N) is 1. The first-order valence-corrected chi connectivity index (χ1v) is 10.1. The summed E-state index contributed by atoms with van der Waals surface area (Å²) in [5.41, 5.74) is 0.416. The number of rotatable bonds is 3. The predicted octanol–water partition coefficient (Wildman–Crippen LogP) is 4.87. The summed E-state index contributed by atoms with van der Waals surface area (Å²) in [5, 5.41) is 0.987. The molecule has 0 aliphatic heterocycles. The van der Waals surface area contributed by atoms with Crippen LogP contribution in [0.4, 0.5) is 9.59 Å². The van der Waals surface area contributed by atoms with Crippen molar-refractivity contribution in [1.82, 2.24) is 10.4 Å². The van der Waals surface area contributed by atoms with Gasteiger partial charge in [0, 0.05) is 6.42 Å². The zero-order chi connectivity index (χ0) is 22.6. The molecule has 7 nitrogen and oxygen atoms in total. The van der Waals surface area contributed by atoms with Gasteiger partial charge >= 0.3 is 12.2 Å². The summed E-state index contributed by atoms with van der Waals surface area (Å²) >= 11 is 0. The number of Topliss-reactive ketones (excluding diaryl/α,β-unsaturated/α-hetero) is 1. The fraction of sp³-hybridized carbons (Fsp3) is 0.522. The number of ketones is 1. The third-order valence-corrected chi connectivity index (χ3v) is 4.37. The summed E-state index contributed by atoms with van der Waals surface area (Å²) in [6, 6.07) is 9.44. The van der Waals surface area contributed by atoms with Crippen LogP contribution in [0.25, 0.3) is 6.08 Å². The minimum atomic E-state index is -1.35. The Morgan fingerprint density at radius 2 is 1.63 bits per heavy atom. The van der Waals surface area contributed by atoms with Gasteiger partial charge in [0.1, 0.15) is 16.7 Å². The normalized spacial score (nSPS) is 19.6. The zero-order valence-corrected chi connectivity index (χ0v) is 18.7. The Hall–Kier alpha value is -2.83. The second-order valence-electron chi connectivity index (χ2n) is 9.37. The van der Waals surface area contributed by atoms with Gasteiger partial charge in [-0.3, -0.25) is 4.79 Å². The first kappa shape index (κ1) is 23.4. The van der Waals surface area contributed by atoms with Crippen LogP contribution in [0, 0.1) is 0 Å². The number of benzene rings is 1. The number of carbonyl (C=O) groups is 3. The molecule has 164 valence electrons. The average Bonchev–Trinajstić information content (AvgIpc) is 2.97. The van der Waals surface area contributed by atoms with Gasteiger partial charge in [0.15, 0.2) is 5.78 Å². The lowest BCUT2D eigenvalue weighted by Gasteiger charge is -2.38. The van der Waals surface area contributed by atoms with Gasteiger partial charge in [0.05, 0.1) is 0 Å². The van der Waals surface area contributed by atoms with Crippen LogP contribution in [0.15, 0.2) is 36.4 Å². The van der Waals surface area contributed by atoms with Gasteiger partial charge in [0.25, 0.3) is 0 Å². The maximum absolute atomic E-state index is 13.1. The third kappa shape index (κ3) is 6.34. The van der Waals surface area contributed by atoms with E-state index < -0.39 is 28.9 Å². The van der Waals surface area contributed by atoms with Crippen molar-refractivity contribution in [2.24, 2.45) is 0 Å². The highest BCUT2D eigenvalue weighted by atomic mass is 16.6. The summed E-state index contributed by atoms with van der Waals surface area (Å²) in [7, 11) is 0. The zero-order valence-electron chi connectivity index (χ0n) is 18.7. The molecule has 7 heteroatoms. The molecule has 2 rings (SSSR count). The summed E-state index contributed by atoms with van der Waals surface area (Å²) in [4.78, 5) is 38.6.